The van der Waals surface area contributed by atoms with Crippen molar-refractivity contribution in [2.24, 2.45) is 29.1 Å². The first-order chi connectivity index (χ1) is 16.0. The predicted octanol–water partition coefficient (Wildman–Crippen LogP) is 5.92. The van der Waals surface area contributed by atoms with Gasteiger partial charge in [0, 0.05) is 23.7 Å². The molecule has 0 spiro atoms. The highest BCUT2D eigenvalue weighted by atomic mass is 16.5. The molecule has 4 unspecified atom stereocenters. The summed E-state index contributed by atoms with van der Waals surface area (Å²) in [5.41, 5.74) is -1.26. The number of allylic oxidation sites excluding steroid dienone is 2. The van der Waals surface area contributed by atoms with Gasteiger partial charge in [0.25, 0.3) is 6.47 Å². The van der Waals surface area contributed by atoms with Crippen LogP contribution in [-0.2, 0) is 23.9 Å². The van der Waals surface area contributed by atoms with E-state index in [4.69, 9.17) is 4.74 Å². The first-order valence-electron chi connectivity index (χ1n) is 13.1. The molecule has 4 atom stereocenters. The van der Waals surface area contributed by atoms with Gasteiger partial charge < -0.3 is 9.84 Å². The second kappa shape index (κ2) is 12.6. The van der Waals surface area contributed by atoms with Crippen LogP contribution in [0.2, 0.25) is 0 Å². The Labute approximate surface area is 204 Å². The lowest BCUT2D eigenvalue weighted by molar-refractivity contribution is -0.147. The largest absolute Gasteiger partial charge is 0.481 e. The van der Waals surface area contributed by atoms with Crippen LogP contribution < -0.4 is 0 Å². The third-order valence-corrected chi connectivity index (χ3v) is 7.88. The highest BCUT2D eigenvalue weighted by molar-refractivity contribution is 5.87. The van der Waals surface area contributed by atoms with Crippen LogP contribution >= 0.6 is 0 Å². The van der Waals surface area contributed by atoms with Gasteiger partial charge in [-0.25, -0.2) is 0 Å². The number of rotatable bonds is 13. The molecule has 0 bridgehead atoms. The maximum atomic E-state index is 13.0. The van der Waals surface area contributed by atoms with E-state index in [0.29, 0.717) is 12.9 Å². The van der Waals surface area contributed by atoms with E-state index in [-0.39, 0.29) is 35.2 Å². The molecule has 0 aliphatic heterocycles. The summed E-state index contributed by atoms with van der Waals surface area (Å²) < 4.78 is 5.11. The summed E-state index contributed by atoms with van der Waals surface area (Å²) in [4.78, 5) is 48.0. The van der Waals surface area contributed by atoms with Gasteiger partial charge in [0.05, 0.1) is 5.41 Å². The Morgan fingerprint density at radius 2 is 1.35 bits per heavy atom. The van der Waals surface area contributed by atoms with Gasteiger partial charge in [-0.3, -0.25) is 19.2 Å². The third-order valence-electron chi connectivity index (χ3n) is 7.88. The van der Waals surface area contributed by atoms with E-state index in [0.717, 1.165) is 70.6 Å². The zero-order valence-corrected chi connectivity index (χ0v) is 21.5. The van der Waals surface area contributed by atoms with Crippen LogP contribution in [0.25, 0.3) is 0 Å². The quantitative estimate of drug-likeness (QED) is 0.262. The number of ether oxygens (including phenoxy) is 1. The molecule has 6 nitrogen and oxygen atoms in total. The summed E-state index contributed by atoms with van der Waals surface area (Å²) in [6, 6.07) is 0. The average Bonchev–Trinajstić information content (AvgIpc) is 2.75. The Bertz CT molecular complexity index is 750. The average molecular weight is 477 g/mol. The van der Waals surface area contributed by atoms with Crippen molar-refractivity contribution in [3.05, 3.63) is 12.2 Å². The first kappa shape index (κ1) is 28.3. The molecular weight excluding hydrogens is 432 g/mol. The molecule has 0 aromatic carbocycles. The molecule has 0 heterocycles. The highest BCUT2D eigenvalue weighted by Gasteiger charge is 2.33. The molecule has 34 heavy (non-hydrogen) atoms. The molecule has 1 N–H and O–H groups in total. The van der Waals surface area contributed by atoms with Crippen molar-refractivity contribution < 1.29 is 29.0 Å². The van der Waals surface area contributed by atoms with Gasteiger partial charge in [-0.05, 0) is 85.5 Å². The van der Waals surface area contributed by atoms with Crippen LogP contribution in [0.5, 0.6) is 0 Å². The summed E-state index contributed by atoms with van der Waals surface area (Å²) >= 11 is 0. The van der Waals surface area contributed by atoms with Gasteiger partial charge in [-0.2, -0.15) is 0 Å². The normalized spacial score (nSPS) is 26.6. The molecule has 2 fully saturated rings. The van der Waals surface area contributed by atoms with Crippen molar-refractivity contribution >= 4 is 24.0 Å². The molecule has 0 amide bonds. The summed E-state index contributed by atoms with van der Waals surface area (Å²) in [7, 11) is 0. The van der Waals surface area contributed by atoms with Gasteiger partial charge in [-0.1, -0.05) is 31.4 Å². The van der Waals surface area contributed by atoms with Crippen LogP contribution in [0, 0.1) is 29.1 Å². The second-order valence-electron chi connectivity index (χ2n) is 11.6. The molecular formula is C28H44O6. The number of aliphatic carboxylic acids is 1. The number of carbonyl (C=O) groups is 4. The van der Waals surface area contributed by atoms with Gasteiger partial charge in [0.15, 0.2) is 0 Å². The van der Waals surface area contributed by atoms with Gasteiger partial charge >= 0.3 is 5.97 Å². The maximum Gasteiger partial charge on any atom is 0.309 e. The smallest absolute Gasteiger partial charge is 0.309 e. The van der Waals surface area contributed by atoms with Crippen LogP contribution in [0.15, 0.2) is 12.2 Å². The SMILES string of the molecule is CC(C)(CCCC1CCCC(/C=C\C2CCCC(CCCC(C)(C)C(=O)O)C2=O)C1=O)OC=O. The van der Waals surface area contributed by atoms with Crippen LogP contribution in [0.4, 0.5) is 0 Å². The lowest BCUT2D eigenvalue weighted by atomic mass is 9.74. The number of hydrogen-bond donors (Lipinski definition) is 1. The zero-order chi connectivity index (χ0) is 25.4. The summed E-state index contributed by atoms with van der Waals surface area (Å²) in [6.07, 6.45) is 13.9. The van der Waals surface area contributed by atoms with E-state index in [1.54, 1.807) is 13.8 Å². The monoisotopic (exact) mass is 476 g/mol. The molecule has 0 radical (unpaired) electrons. The first-order valence-corrected chi connectivity index (χ1v) is 13.1. The molecule has 0 saturated heterocycles. The van der Waals surface area contributed by atoms with Crippen molar-refractivity contribution in [1.29, 1.82) is 0 Å². The number of Topliss-reactive ketones (excluding diaryl/α,β-unsaturated/α-hetero) is 2. The standard InChI is InChI=1S/C28H44O6/c1-27(2,26(32)33)17-7-13-20-9-5-11-22(24(20)30)15-16-23-12-6-10-21(25(23)31)14-8-18-28(3,4)34-19-29/h15-16,19-23H,5-14,17-18H2,1-4H3,(H,32,33)/b16-15-. The fourth-order valence-corrected chi connectivity index (χ4v) is 5.43. The minimum absolute atomic E-state index is 0.000241. The van der Waals surface area contributed by atoms with Gasteiger partial charge in [0.2, 0.25) is 0 Å². The van der Waals surface area contributed by atoms with E-state index in [1.165, 1.54) is 0 Å². The Kier molecular flexibility index (Phi) is 10.5. The minimum Gasteiger partial charge on any atom is -0.481 e. The number of carbonyl (C=O) groups excluding carboxylic acids is 3. The number of hydrogen-bond acceptors (Lipinski definition) is 5. The van der Waals surface area contributed by atoms with E-state index in [2.05, 4.69) is 0 Å². The molecule has 192 valence electrons. The molecule has 2 rings (SSSR count). The highest BCUT2D eigenvalue weighted by Crippen LogP contribution is 2.35. The summed E-state index contributed by atoms with van der Waals surface area (Å²) in [5, 5.41) is 9.29. The molecule has 6 heteroatoms. The van der Waals surface area contributed by atoms with E-state index < -0.39 is 17.0 Å². The Hall–Kier alpha value is -1.98. The van der Waals surface area contributed by atoms with Gasteiger partial charge in [0.1, 0.15) is 17.2 Å². The Balaban J connectivity index is 1.85. The van der Waals surface area contributed by atoms with Crippen molar-refractivity contribution in [1.82, 2.24) is 0 Å². The number of carboxylic acids is 1. The molecule has 2 saturated carbocycles. The lowest BCUT2D eigenvalue weighted by Gasteiger charge is -2.29. The summed E-state index contributed by atoms with van der Waals surface area (Å²) in [5.74, 6) is -0.442. The topological polar surface area (TPSA) is 97.7 Å². The van der Waals surface area contributed by atoms with Crippen LogP contribution in [-0.4, -0.2) is 34.7 Å². The Morgan fingerprint density at radius 3 is 1.79 bits per heavy atom. The number of carboxylic acid groups (broad SMARTS) is 1. The summed E-state index contributed by atoms with van der Waals surface area (Å²) in [6.45, 7) is 7.73. The predicted molar refractivity (Wildman–Crippen MR) is 131 cm³/mol. The fourth-order valence-electron chi connectivity index (χ4n) is 5.43. The number of ketones is 2. The van der Waals surface area contributed by atoms with Crippen molar-refractivity contribution in [3.63, 3.8) is 0 Å². The molecule has 2 aliphatic rings. The van der Waals surface area contributed by atoms with Crippen LogP contribution in [0.3, 0.4) is 0 Å². The lowest BCUT2D eigenvalue weighted by Crippen LogP contribution is -2.30. The molecule has 0 aromatic rings. The van der Waals surface area contributed by atoms with E-state index >= 15 is 0 Å². The Morgan fingerprint density at radius 1 is 0.882 bits per heavy atom. The van der Waals surface area contributed by atoms with Crippen LogP contribution in [0.1, 0.15) is 105 Å². The molecule has 0 aromatic heterocycles. The van der Waals surface area contributed by atoms with E-state index in [1.807, 2.05) is 26.0 Å². The second-order valence-corrected chi connectivity index (χ2v) is 11.6. The molecule has 2 aliphatic carbocycles. The minimum atomic E-state index is -0.795. The van der Waals surface area contributed by atoms with Crippen molar-refractivity contribution in [2.45, 2.75) is 110 Å². The zero-order valence-electron chi connectivity index (χ0n) is 21.5. The third kappa shape index (κ3) is 8.35. The van der Waals surface area contributed by atoms with Crippen molar-refractivity contribution in [3.8, 4) is 0 Å². The van der Waals surface area contributed by atoms with E-state index in [9.17, 15) is 24.3 Å². The fraction of sp³-hybridized carbons (Fsp3) is 0.786. The van der Waals surface area contributed by atoms with Gasteiger partial charge in [-0.15, -0.1) is 0 Å². The maximum absolute atomic E-state index is 13.0. The van der Waals surface area contributed by atoms with Crippen molar-refractivity contribution in [2.75, 3.05) is 0 Å².